The van der Waals surface area contributed by atoms with Gasteiger partial charge in [-0.3, -0.25) is 4.79 Å². The lowest BCUT2D eigenvalue weighted by Gasteiger charge is -1.89. The fourth-order valence-corrected chi connectivity index (χ4v) is 0.986. The van der Waals surface area contributed by atoms with Gasteiger partial charge in [-0.15, -0.1) is 12.4 Å². The van der Waals surface area contributed by atoms with Gasteiger partial charge in [-0.05, 0) is 6.07 Å². The van der Waals surface area contributed by atoms with Gasteiger partial charge in [-0.25, -0.2) is 9.97 Å². The Morgan fingerprint density at radius 2 is 2.25 bits per heavy atom. The van der Waals surface area contributed by atoms with Crippen molar-refractivity contribution in [2.45, 2.75) is 0 Å². The zero-order valence-corrected chi connectivity index (χ0v) is 6.84. The highest BCUT2D eigenvalue weighted by Crippen LogP contribution is 2.09. The van der Waals surface area contributed by atoms with Crippen molar-refractivity contribution >= 4 is 29.7 Å². The van der Waals surface area contributed by atoms with E-state index in [0.717, 1.165) is 11.7 Å². The first kappa shape index (κ1) is 8.67. The number of hydrogen-bond acceptors (Lipinski definition) is 3. The standard InChI is InChI=1S/C7H5N3O.ClH/c11-3-6-5-1-2-8-7(5)10-4-9-6;/h1-4H,(H,8,9,10);1H. The molecule has 0 saturated carbocycles. The Balaban J connectivity index is 0.000000720. The molecule has 0 bridgehead atoms. The third-order valence-corrected chi connectivity index (χ3v) is 1.50. The van der Waals surface area contributed by atoms with E-state index in [-0.39, 0.29) is 12.4 Å². The Hall–Kier alpha value is -1.42. The lowest BCUT2D eigenvalue weighted by atomic mass is 10.3. The van der Waals surface area contributed by atoms with Crippen molar-refractivity contribution in [2.24, 2.45) is 0 Å². The van der Waals surface area contributed by atoms with Crippen LogP contribution in [-0.2, 0) is 0 Å². The molecule has 1 N–H and O–H groups in total. The van der Waals surface area contributed by atoms with Crippen LogP contribution in [0.5, 0.6) is 0 Å². The topological polar surface area (TPSA) is 58.6 Å². The maximum absolute atomic E-state index is 10.4. The lowest BCUT2D eigenvalue weighted by molar-refractivity contribution is 0.112. The fraction of sp³-hybridized carbons (Fsp3) is 0. The number of hydrogen-bond donors (Lipinski definition) is 1. The molecule has 0 spiro atoms. The van der Waals surface area contributed by atoms with E-state index in [0.29, 0.717) is 11.3 Å². The molecule has 5 heteroatoms. The first-order chi connectivity index (χ1) is 5.42. The van der Waals surface area contributed by atoms with Gasteiger partial charge in [0.2, 0.25) is 0 Å². The number of carbonyl (C=O) groups excluding carboxylic acids is 1. The van der Waals surface area contributed by atoms with Crippen LogP contribution in [0, 0.1) is 0 Å². The highest BCUT2D eigenvalue weighted by atomic mass is 35.5. The Morgan fingerprint density at radius 3 is 3.00 bits per heavy atom. The first-order valence-electron chi connectivity index (χ1n) is 3.15. The van der Waals surface area contributed by atoms with Crippen LogP contribution < -0.4 is 0 Å². The molecule has 0 atom stereocenters. The van der Waals surface area contributed by atoms with Gasteiger partial charge in [-0.1, -0.05) is 0 Å². The van der Waals surface area contributed by atoms with Crippen molar-refractivity contribution < 1.29 is 4.79 Å². The van der Waals surface area contributed by atoms with Gasteiger partial charge in [-0.2, -0.15) is 0 Å². The normalized spacial score (nSPS) is 9.33. The number of aromatic amines is 1. The van der Waals surface area contributed by atoms with E-state index in [1.54, 1.807) is 12.3 Å². The predicted octanol–water partition coefficient (Wildman–Crippen LogP) is 1.19. The summed E-state index contributed by atoms with van der Waals surface area (Å²) < 4.78 is 0. The summed E-state index contributed by atoms with van der Waals surface area (Å²) in [5.41, 5.74) is 1.12. The number of aromatic nitrogens is 3. The van der Waals surface area contributed by atoms with E-state index in [1.807, 2.05) is 0 Å². The molecule has 4 nitrogen and oxygen atoms in total. The molecule has 0 saturated heterocycles. The molecule has 0 fully saturated rings. The Kier molecular flexibility index (Phi) is 2.40. The van der Waals surface area contributed by atoms with Crippen LogP contribution in [0.4, 0.5) is 0 Å². The highest BCUT2D eigenvalue weighted by molar-refractivity contribution is 5.92. The number of halogens is 1. The molecule has 2 heterocycles. The molecule has 0 amide bonds. The smallest absolute Gasteiger partial charge is 0.169 e. The van der Waals surface area contributed by atoms with Crippen molar-refractivity contribution in [3.8, 4) is 0 Å². The molecular weight excluding hydrogens is 178 g/mol. The molecule has 0 aromatic carbocycles. The van der Waals surface area contributed by atoms with E-state index in [4.69, 9.17) is 0 Å². The monoisotopic (exact) mass is 183 g/mol. The molecule has 0 aliphatic carbocycles. The van der Waals surface area contributed by atoms with Crippen LogP contribution in [-0.4, -0.2) is 21.2 Å². The van der Waals surface area contributed by atoms with Crippen LogP contribution >= 0.6 is 12.4 Å². The second-order valence-electron chi connectivity index (χ2n) is 2.12. The van der Waals surface area contributed by atoms with Gasteiger partial charge in [0, 0.05) is 11.6 Å². The molecule has 0 aliphatic rings. The minimum Gasteiger partial charge on any atom is -0.346 e. The zero-order chi connectivity index (χ0) is 7.68. The number of nitrogens with one attached hydrogen (secondary N) is 1. The summed E-state index contributed by atoms with van der Waals surface area (Å²) in [6, 6.07) is 1.78. The van der Waals surface area contributed by atoms with Gasteiger partial charge in [0.05, 0.1) is 0 Å². The number of fused-ring (bicyclic) bond motifs is 1. The maximum Gasteiger partial charge on any atom is 0.169 e. The predicted molar refractivity (Wildman–Crippen MR) is 46.5 cm³/mol. The molecule has 2 aromatic rings. The van der Waals surface area contributed by atoms with Gasteiger partial charge < -0.3 is 4.98 Å². The van der Waals surface area contributed by atoms with Crippen molar-refractivity contribution in [3.63, 3.8) is 0 Å². The minimum absolute atomic E-state index is 0. The summed E-state index contributed by atoms with van der Waals surface area (Å²) in [6.45, 7) is 0. The summed E-state index contributed by atoms with van der Waals surface area (Å²) >= 11 is 0. The minimum atomic E-state index is 0. The fourth-order valence-electron chi connectivity index (χ4n) is 0.986. The van der Waals surface area contributed by atoms with Crippen LogP contribution in [0.15, 0.2) is 18.6 Å². The van der Waals surface area contributed by atoms with Gasteiger partial charge in [0.15, 0.2) is 6.29 Å². The number of H-pyrrole nitrogens is 1. The highest BCUT2D eigenvalue weighted by Gasteiger charge is 2.00. The third-order valence-electron chi connectivity index (χ3n) is 1.50. The van der Waals surface area contributed by atoms with Crippen molar-refractivity contribution in [2.75, 3.05) is 0 Å². The molecular formula is C7H6ClN3O. The molecule has 62 valence electrons. The van der Waals surface area contributed by atoms with E-state index < -0.39 is 0 Å². The number of nitrogens with zero attached hydrogens (tertiary/aromatic N) is 2. The van der Waals surface area contributed by atoms with Crippen molar-refractivity contribution in [3.05, 3.63) is 24.3 Å². The number of carbonyl (C=O) groups is 1. The number of aldehydes is 1. The second-order valence-corrected chi connectivity index (χ2v) is 2.12. The van der Waals surface area contributed by atoms with E-state index in [9.17, 15) is 4.79 Å². The lowest BCUT2D eigenvalue weighted by Crippen LogP contribution is -1.88. The van der Waals surface area contributed by atoms with Crippen LogP contribution in [0.2, 0.25) is 0 Å². The summed E-state index contributed by atoms with van der Waals surface area (Å²) in [4.78, 5) is 21.0. The molecule has 0 aliphatic heterocycles. The molecule has 12 heavy (non-hydrogen) atoms. The molecule has 0 unspecified atom stereocenters. The third kappa shape index (κ3) is 1.16. The second kappa shape index (κ2) is 3.32. The summed E-state index contributed by atoms with van der Waals surface area (Å²) in [7, 11) is 0. The zero-order valence-electron chi connectivity index (χ0n) is 6.02. The summed E-state index contributed by atoms with van der Waals surface area (Å²) in [6.07, 6.45) is 3.81. The Morgan fingerprint density at radius 1 is 1.42 bits per heavy atom. The first-order valence-corrected chi connectivity index (χ1v) is 3.15. The quantitative estimate of drug-likeness (QED) is 0.676. The molecule has 2 aromatic heterocycles. The van der Waals surface area contributed by atoms with Crippen LogP contribution in [0.25, 0.3) is 11.0 Å². The van der Waals surface area contributed by atoms with Gasteiger partial charge >= 0.3 is 0 Å². The number of rotatable bonds is 1. The van der Waals surface area contributed by atoms with Crippen molar-refractivity contribution in [1.82, 2.24) is 15.0 Å². The van der Waals surface area contributed by atoms with Gasteiger partial charge in [0.25, 0.3) is 0 Å². The average molecular weight is 184 g/mol. The Labute approximate surface area is 74.4 Å². The van der Waals surface area contributed by atoms with Crippen LogP contribution in [0.1, 0.15) is 10.5 Å². The van der Waals surface area contributed by atoms with Gasteiger partial charge in [0.1, 0.15) is 17.7 Å². The average Bonchev–Trinajstić information content (AvgIpc) is 2.50. The molecule has 2 rings (SSSR count). The largest absolute Gasteiger partial charge is 0.346 e. The van der Waals surface area contributed by atoms with Crippen LogP contribution in [0.3, 0.4) is 0 Å². The van der Waals surface area contributed by atoms with E-state index in [1.165, 1.54) is 6.33 Å². The summed E-state index contributed by atoms with van der Waals surface area (Å²) in [5.74, 6) is 0. The molecule has 0 radical (unpaired) electrons. The van der Waals surface area contributed by atoms with E-state index in [2.05, 4.69) is 15.0 Å². The SMILES string of the molecule is Cl.O=Cc1ncnc2[nH]ccc12. The Bertz CT molecular complexity index is 398. The van der Waals surface area contributed by atoms with E-state index >= 15 is 0 Å². The summed E-state index contributed by atoms with van der Waals surface area (Å²) in [5, 5.41) is 0.766. The maximum atomic E-state index is 10.4. The van der Waals surface area contributed by atoms with Crippen molar-refractivity contribution in [1.29, 1.82) is 0 Å².